The van der Waals surface area contributed by atoms with E-state index in [1.165, 1.54) is 22.4 Å². The van der Waals surface area contributed by atoms with Gasteiger partial charge < -0.3 is 0 Å². The molecule has 2 aromatic heterocycles. The van der Waals surface area contributed by atoms with E-state index in [1.807, 2.05) is 6.92 Å². The molecule has 0 saturated carbocycles. The molecule has 0 saturated heterocycles. The van der Waals surface area contributed by atoms with E-state index >= 15 is 0 Å². The van der Waals surface area contributed by atoms with E-state index in [4.69, 9.17) is 0 Å². The number of fused-ring (bicyclic) bond motifs is 1. The second-order valence-electron chi connectivity index (χ2n) is 4.87. The predicted molar refractivity (Wildman–Crippen MR) is 86.5 cm³/mol. The van der Waals surface area contributed by atoms with Gasteiger partial charge in [-0.05, 0) is 30.0 Å². The topological polar surface area (TPSA) is 47.8 Å². The summed E-state index contributed by atoms with van der Waals surface area (Å²) in [6.07, 6.45) is -4.62. The van der Waals surface area contributed by atoms with Crippen molar-refractivity contribution in [3.05, 3.63) is 58.5 Å². The first-order chi connectivity index (χ1) is 11.4. The molecule has 4 nitrogen and oxygen atoms in total. The number of aromatic nitrogens is 3. The van der Waals surface area contributed by atoms with Crippen molar-refractivity contribution in [3.8, 4) is 5.69 Å². The summed E-state index contributed by atoms with van der Waals surface area (Å²) in [6.45, 7) is 1.90. The summed E-state index contributed by atoms with van der Waals surface area (Å²) >= 11 is 1.34. The van der Waals surface area contributed by atoms with Crippen LogP contribution in [0, 0.1) is 0 Å². The maximum atomic E-state index is 12.9. The van der Waals surface area contributed by atoms with E-state index in [9.17, 15) is 18.0 Å². The zero-order chi connectivity index (χ0) is 17.3. The maximum Gasteiger partial charge on any atom is 0.433 e. The van der Waals surface area contributed by atoms with E-state index in [1.54, 1.807) is 30.3 Å². The van der Waals surface area contributed by atoms with Gasteiger partial charge in [-0.15, -0.1) is 0 Å². The van der Waals surface area contributed by atoms with Crippen LogP contribution in [0.4, 0.5) is 13.2 Å². The molecule has 8 heteroatoms. The molecule has 0 N–H and O–H groups in total. The molecule has 0 bridgehead atoms. The van der Waals surface area contributed by atoms with Crippen molar-refractivity contribution >= 4 is 22.8 Å². The van der Waals surface area contributed by atoms with Gasteiger partial charge >= 0.3 is 6.18 Å². The molecule has 0 aliphatic heterocycles. The van der Waals surface area contributed by atoms with Gasteiger partial charge in [0.2, 0.25) is 0 Å². The number of alkyl halides is 3. The first kappa shape index (κ1) is 16.5. The molecule has 0 radical (unpaired) electrons. The van der Waals surface area contributed by atoms with Crippen LogP contribution in [0.3, 0.4) is 0 Å². The Balaban J connectivity index is 2.34. The molecule has 3 rings (SSSR count). The van der Waals surface area contributed by atoms with Crippen molar-refractivity contribution in [2.24, 2.45) is 0 Å². The van der Waals surface area contributed by atoms with Crippen LogP contribution in [-0.4, -0.2) is 20.3 Å². The second-order valence-corrected chi connectivity index (χ2v) is 6.10. The number of hydrogen-bond acceptors (Lipinski definition) is 4. The van der Waals surface area contributed by atoms with Crippen LogP contribution in [0.25, 0.3) is 16.7 Å². The number of hydrogen-bond donors (Lipinski definition) is 0. The van der Waals surface area contributed by atoms with Crippen molar-refractivity contribution < 1.29 is 13.2 Å². The van der Waals surface area contributed by atoms with Gasteiger partial charge in [-0.25, -0.2) is 9.97 Å². The van der Waals surface area contributed by atoms with E-state index in [0.29, 0.717) is 16.6 Å². The SMILES string of the molecule is CCSc1nc2ccc(C(F)(F)F)nc2c(=O)n1-c1ccccc1. The fraction of sp³-hybridized carbons (Fsp3) is 0.188. The van der Waals surface area contributed by atoms with Crippen molar-refractivity contribution in [1.29, 1.82) is 0 Å². The highest BCUT2D eigenvalue weighted by Crippen LogP contribution is 2.28. The van der Waals surface area contributed by atoms with Crippen LogP contribution in [-0.2, 0) is 6.18 Å². The quantitative estimate of drug-likeness (QED) is 0.530. The Morgan fingerprint density at radius 1 is 1.08 bits per heavy atom. The first-order valence-electron chi connectivity index (χ1n) is 7.11. The van der Waals surface area contributed by atoms with Crippen molar-refractivity contribution in [3.63, 3.8) is 0 Å². The lowest BCUT2D eigenvalue weighted by atomic mass is 10.3. The number of para-hydroxylation sites is 1. The van der Waals surface area contributed by atoms with Crippen molar-refractivity contribution in [2.75, 3.05) is 5.75 Å². The fourth-order valence-corrected chi connectivity index (χ4v) is 2.97. The number of rotatable bonds is 3. The average molecular weight is 351 g/mol. The first-order valence-corrected chi connectivity index (χ1v) is 8.09. The Hall–Kier alpha value is -2.35. The van der Waals surface area contributed by atoms with Gasteiger partial charge in [0.1, 0.15) is 5.69 Å². The van der Waals surface area contributed by atoms with Crippen LogP contribution in [0.2, 0.25) is 0 Å². The van der Waals surface area contributed by atoms with E-state index in [0.717, 1.165) is 6.07 Å². The highest BCUT2D eigenvalue weighted by Gasteiger charge is 2.33. The molecule has 0 spiro atoms. The van der Waals surface area contributed by atoms with E-state index in [2.05, 4.69) is 9.97 Å². The molecule has 0 aliphatic carbocycles. The molecule has 124 valence electrons. The molecule has 2 heterocycles. The molecule has 0 fully saturated rings. The molecule has 0 atom stereocenters. The van der Waals surface area contributed by atoms with Crippen molar-refractivity contribution in [2.45, 2.75) is 18.3 Å². The molecule has 0 unspecified atom stereocenters. The number of nitrogens with zero attached hydrogens (tertiary/aromatic N) is 3. The van der Waals surface area contributed by atoms with E-state index < -0.39 is 17.4 Å². The molecule has 24 heavy (non-hydrogen) atoms. The molecular formula is C16H12F3N3OS. The maximum absolute atomic E-state index is 12.9. The third-order valence-electron chi connectivity index (χ3n) is 3.27. The summed E-state index contributed by atoms with van der Waals surface area (Å²) in [7, 11) is 0. The van der Waals surface area contributed by atoms with E-state index in [-0.39, 0.29) is 11.0 Å². The minimum absolute atomic E-state index is 0.149. The molecular weight excluding hydrogens is 339 g/mol. The van der Waals surface area contributed by atoms with Gasteiger partial charge in [-0.3, -0.25) is 9.36 Å². The van der Waals surface area contributed by atoms with Crippen LogP contribution < -0.4 is 5.56 Å². The lowest BCUT2D eigenvalue weighted by Gasteiger charge is -2.13. The number of benzene rings is 1. The summed E-state index contributed by atoms with van der Waals surface area (Å²) in [4.78, 5) is 20.6. The summed E-state index contributed by atoms with van der Waals surface area (Å²) in [5.41, 5.74) is -1.34. The highest BCUT2D eigenvalue weighted by atomic mass is 32.2. The van der Waals surface area contributed by atoms with Crippen molar-refractivity contribution in [1.82, 2.24) is 14.5 Å². The minimum Gasteiger partial charge on any atom is -0.266 e. The lowest BCUT2D eigenvalue weighted by molar-refractivity contribution is -0.140. The number of thioether (sulfide) groups is 1. The average Bonchev–Trinajstić information content (AvgIpc) is 2.55. The third-order valence-corrected chi connectivity index (χ3v) is 4.09. The second kappa shape index (κ2) is 6.27. The van der Waals surface area contributed by atoms with Gasteiger partial charge in [0.15, 0.2) is 10.7 Å². The van der Waals surface area contributed by atoms with Crippen LogP contribution >= 0.6 is 11.8 Å². The molecule has 0 amide bonds. The monoisotopic (exact) mass is 351 g/mol. The van der Waals surface area contributed by atoms with Crippen LogP contribution in [0.1, 0.15) is 12.6 Å². The Labute approximate surface area is 139 Å². The van der Waals surface area contributed by atoms with Gasteiger partial charge in [-0.2, -0.15) is 13.2 Å². The third kappa shape index (κ3) is 3.01. The standard InChI is InChI=1S/C16H12F3N3OS/c1-2-24-15-20-11-8-9-12(16(17,18)19)21-13(11)14(23)22(15)10-6-4-3-5-7-10/h3-9H,2H2,1H3. The molecule has 3 aromatic rings. The summed E-state index contributed by atoms with van der Waals surface area (Å²) in [6, 6.07) is 10.7. The zero-order valence-corrected chi connectivity index (χ0v) is 13.4. The highest BCUT2D eigenvalue weighted by molar-refractivity contribution is 7.99. The Morgan fingerprint density at radius 2 is 1.79 bits per heavy atom. The molecule has 0 aliphatic rings. The van der Waals surface area contributed by atoms with Gasteiger partial charge in [0.25, 0.3) is 5.56 Å². The Morgan fingerprint density at radius 3 is 2.42 bits per heavy atom. The predicted octanol–water partition coefficient (Wildman–Crippen LogP) is 3.91. The summed E-state index contributed by atoms with van der Waals surface area (Å²) < 4.78 is 39.9. The smallest absolute Gasteiger partial charge is 0.266 e. The zero-order valence-electron chi connectivity index (χ0n) is 12.5. The summed E-state index contributed by atoms with van der Waals surface area (Å²) in [5, 5.41) is 0.419. The van der Waals surface area contributed by atoms with Crippen LogP contribution in [0.5, 0.6) is 0 Å². The minimum atomic E-state index is -4.62. The Kier molecular flexibility index (Phi) is 4.31. The lowest BCUT2D eigenvalue weighted by Crippen LogP contribution is -2.23. The van der Waals surface area contributed by atoms with Gasteiger partial charge in [-0.1, -0.05) is 36.9 Å². The fourth-order valence-electron chi connectivity index (χ4n) is 2.23. The molecule has 1 aromatic carbocycles. The Bertz CT molecular complexity index is 939. The number of pyridine rings is 1. The summed E-state index contributed by atoms with van der Waals surface area (Å²) in [5.74, 6) is 0.666. The normalized spacial score (nSPS) is 11.8. The van der Waals surface area contributed by atoms with Gasteiger partial charge in [0, 0.05) is 0 Å². The van der Waals surface area contributed by atoms with Crippen LogP contribution in [0.15, 0.2) is 52.4 Å². The largest absolute Gasteiger partial charge is 0.433 e. The van der Waals surface area contributed by atoms with Gasteiger partial charge in [0.05, 0.1) is 11.2 Å². The number of halogens is 3.